The van der Waals surface area contributed by atoms with Crippen molar-refractivity contribution in [2.24, 2.45) is 5.92 Å². The fourth-order valence-corrected chi connectivity index (χ4v) is 4.07. The molecule has 3 heterocycles. The first-order valence-electron chi connectivity index (χ1n) is 10.6. The summed E-state index contributed by atoms with van der Waals surface area (Å²) in [6, 6.07) is 12.3. The van der Waals surface area contributed by atoms with Gasteiger partial charge in [-0.15, -0.1) is 0 Å². The molecule has 0 spiro atoms. The summed E-state index contributed by atoms with van der Waals surface area (Å²) < 4.78 is 0. The smallest absolute Gasteiger partial charge is 0.272 e. The molecule has 2 fully saturated rings. The predicted octanol–water partition coefficient (Wildman–Crippen LogP) is 4.69. The minimum absolute atomic E-state index is 0.0398. The van der Waals surface area contributed by atoms with E-state index in [1.807, 2.05) is 17.0 Å². The molecule has 1 amide bonds. The fourth-order valence-electron chi connectivity index (χ4n) is 4.07. The van der Waals surface area contributed by atoms with E-state index in [0.717, 1.165) is 56.3 Å². The lowest BCUT2D eigenvalue weighted by Crippen LogP contribution is -2.36. The molecule has 1 aromatic heterocycles. The minimum atomic E-state index is 0.0398. The molecule has 28 heavy (non-hydrogen) atoms. The van der Waals surface area contributed by atoms with Crippen LogP contribution in [0.5, 0.6) is 0 Å². The van der Waals surface area contributed by atoms with Crippen LogP contribution in [0.15, 0.2) is 42.6 Å². The number of nitrogens with one attached hydrogen (secondary N) is 1. The molecule has 2 aliphatic rings. The van der Waals surface area contributed by atoms with E-state index < -0.39 is 0 Å². The number of nitrogens with zero attached hydrogens (tertiary/aromatic N) is 3. The quantitative estimate of drug-likeness (QED) is 0.839. The Labute approximate surface area is 167 Å². The van der Waals surface area contributed by atoms with E-state index in [-0.39, 0.29) is 5.91 Å². The normalized spacial score (nSPS) is 18.2. The number of benzene rings is 1. The zero-order valence-corrected chi connectivity index (χ0v) is 16.7. The van der Waals surface area contributed by atoms with Crippen LogP contribution in [0.2, 0.25) is 0 Å². The summed E-state index contributed by atoms with van der Waals surface area (Å²) in [6.07, 6.45) is 7.64. The molecular formula is C23H30N4O. The summed E-state index contributed by atoms with van der Waals surface area (Å²) in [6.45, 7) is 6.30. The molecule has 0 aliphatic carbocycles. The number of piperidine rings is 2. The van der Waals surface area contributed by atoms with Crippen molar-refractivity contribution in [1.29, 1.82) is 0 Å². The van der Waals surface area contributed by atoms with Crippen LogP contribution >= 0.6 is 0 Å². The molecular weight excluding hydrogens is 348 g/mol. The Morgan fingerprint density at radius 2 is 1.68 bits per heavy atom. The molecule has 0 saturated carbocycles. The Morgan fingerprint density at radius 3 is 2.39 bits per heavy atom. The third-order valence-electron chi connectivity index (χ3n) is 5.93. The largest absolute Gasteiger partial charge is 0.372 e. The first-order chi connectivity index (χ1) is 13.7. The second-order valence-electron chi connectivity index (χ2n) is 8.12. The van der Waals surface area contributed by atoms with Gasteiger partial charge in [-0.3, -0.25) is 9.78 Å². The van der Waals surface area contributed by atoms with E-state index in [9.17, 15) is 4.79 Å². The highest BCUT2D eigenvalue weighted by Gasteiger charge is 2.19. The highest BCUT2D eigenvalue weighted by molar-refractivity contribution is 5.93. The van der Waals surface area contributed by atoms with Crippen molar-refractivity contribution in [3.63, 3.8) is 0 Å². The molecule has 0 radical (unpaired) electrons. The molecule has 4 rings (SSSR count). The molecule has 2 aliphatic heterocycles. The number of hydrogen-bond donors (Lipinski definition) is 1. The molecule has 0 bridgehead atoms. The first kappa shape index (κ1) is 18.8. The third-order valence-corrected chi connectivity index (χ3v) is 5.93. The van der Waals surface area contributed by atoms with Gasteiger partial charge in [-0.05, 0) is 74.4 Å². The van der Waals surface area contributed by atoms with E-state index in [1.54, 1.807) is 6.20 Å². The molecule has 5 nitrogen and oxygen atoms in total. The second-order valence-corrected chi connectivity index (χ2v) is 8.12. The average molecular weight is 379 g/mol. The number of carbonyl (C=O) groups is 1. The fraction of sp³-hybridized carbons (Fsp3) is 0.478. The Kier molecular flexibility index (Phi) is 5.79. The van der Waals surface area contributed by atoms with Gasteiger partial charge in [-0.25, -0.2) is 0 Å². The summed E-state index contributed by atoms with van der Waals surface area (Å²) in [4.78, 5) is 21.4. The van der Waals surface area contributed by atoms with Gasteiger partial charge in [0.2, 0.25) is 0 Å². The zero-order chi connectivity index (χ0) is 19.3. The number of anilines is 3. The van der Waals surface area contributed by atoms with E-state index in [0.29, 0.717) is 5.69 Å². The summed E-state index contributed by atoms with van der Waals surface area (Å²) in [5.74, 6) is 0.878. The zero-order valence-electron chi connectivity index (χ0n) is 16.7. The van der Waals surface area contributed by atoms with Crippen LogP contribution < -0.4 is 10.2 Å². The summed E-state index contributed by atoms with van der Waals surface area (Å²) in [7, 11) is 0. The van der Waals surface area contributed by atoms with Crippen molar-refractivity contribution in [2.75, 3.05) is 36.4 Å². The SMILES string of the molecule is CC1CCN(c2ccc(Nc3ccnc(C(=O)N4CCCCC4)c3)cc2)CC1. The van der Waals surface area contributed by atoms with Gasteiger partial charge in [-0.1, -0.05) is 6.92 Å². The molecule has 2 saturated heterocycles. The van der Waals surface area contributed by atoms with Crippen LogP contribution in [0.25, 0.3) is 0 Å². The van der Waals surface area contributed by atoms with E-state index >= 15 is 0 Å². The first-order valence-corrected chi connectivity index (χ1v) is 10.6. The van der Waals surface area contributed by atoms with Crippen molar-refractivity contribution in [1.82, 2.24) is 9.88 Å². The van der Waals surface area contributed by atoms with Crippen LogP contribution in [-0.4, -0.2) is 42.0 Å². The summed E-state index contributed by atoms with van der Waals surface area (Å²) in [5.41, 5.74) is 3.73. The van der Waals surface area contributed by atoms with Crippen molar-refractivity contribution in [3.05, 3.63) is 48.3 Å². The van der Waals surface area contributed by atoms with Crippen LogP contribution in [0.3, 0.4) is 0 Å². The van der Waals surface area contributed by atoms with Crippen molar-refractivity contribution in [2.45, 2.75) is 39.0 Å². The standard InChI is InChI=1S/C23H30N4O/c1-18-10-15-26(16-11-18)21-7-5-19(6-8-21)25-20-9-12-24-22(17-20)23(28)27-13-3-2-4-14-27/h5-9,12,17-18H,2-4,10-11,13-16H2,1H3,(H,24,25). The van der Waals surface area contributed by atoms with Gasteiger partial charge in [0.1, 0.15) is 5.69 Å². The predicted molar refractivity (Wildman–Crippen MR) is 114 cm³/mol. The van der Waals surface area contributed by atoms with Gasteiger partial charge in [0.25, 0.3) is 5.91 Å². The number of likely N-dealkylation sites (tertiary alicyclic amines) is 1. The monoisotopic (exact) mass is 378 g/mol. The second kappa shape index (κ2) is 8.63. The Morgan fingerprint density at radius 1 is 0.964 bits per heavy atom. The Hall–Kier alpha value is -2.56. The lowest BCUT2D eigenvalue weighted by atomic mass is 9.99. The maximum absolute atomic E-state index is 12.7. The summed E-state index contributed by atoms with van der Waals surface area (Å²) >= 11 is 0. The number of amides is 1. The Bertz CT molecular complexity index is 791. The van der Waals surface area contributed by atoms with Crippen molar-refractivity contribution < 1.29 is 4.79 Å². The maximum atomic E-state index is 12.7. The molecule has 1 aromatic carbocycles. The number of pyridine rings is 1. The molecule has 5 heteroatoms. The van der Waals surface area contributed by atoms with Gasteiger partial charge in [0.15, 0.2) is 0 Å². The van der Waals surface area contributed by atoms with Crippen LogP contribution in [0.1, 0.15) is 49.5 Å². The maximum Gasteiger partial charge on any atom is 0.272 e. The highest BCUT2D eigenvalue weighted by atomic mass is 16.2. The average Bonchev–Trinajstić information content (AvgIpc) is 2.75. The highest BCUT2D eigenvalue weighted by Crippen LogP contribution is 2.25. The van der Waals surface area contributed by atoms with Crippen LogP contribution in [0, 0.1) is 5.92 Å². The number of rotatable bonds is 4. The molecule has 1 N–H and O–H groups in total. The van der Waals surface area contributed by atoms with E-state index in [2.05, 4.69) is 46.4 Å². The lowest BCUT2D eigenvalue weighted by molar-refractivity contribution is 0.0718. The molecule has 0 unspecified atom stereocenters. The number of hydrogen-bond acceptors (Lipinski definition) is 4. The molecule has 0 atom stereocenters. The topological polar surface area (TPSA) is 48.5 Å². The van der Waals surface area contributed by atoms with Crippen LogP contribution in [-0.2, 0) is 0 Å². The minimum Gasteiger partial charge on any atom is -0.372 e. The van der Waals surface area contributed by atoms with Crippen molar-refractivity contribution >= 4 is 23.0 Å². The van der Waals surface area contributed by atoms with Gasteiger partial charge in [0, 0.05) is 49.4 Å². The van der Waals surface area contributed by atoms with Gasteiger partial charge >= 0.3 is 0 Å². The van der Waals surface area contributed by atoms with Gasteiger partial charge in [0.05, 0.1) is 0 Å². The van der Waals surface area contributed by atoms with Gasteiger partial charge in [-0.2, -0.15) is 0 Å². The van der Waals surface area contributed by atoms with Gasteiger partial charge < -0.3 is 15.1 Å². The Balaban J connectivity index is 1.40. The molecule has 148 valence electrons. The number of aromatic nitrogens is 1. The van der Waals surface area contributed by atoms with Crippen LogP contribution in [0.4, 0.5) is 17.1 Å². The number of carbonyl (C=O) groups excluding carboxylic acids is 1. The lowest BCUT2D eigenvalue weighted by Gasteiger charge is -2.32. The third kappa shape index (κ3) is 4.46. The van der Waals surface area contributed by atoms with Crippen molar-refractivity contribution in [3.8, 4) is 0 Å². The molecule has 2 aromatic rings. The van der Waals surface area contributed by atoms with E-state index in [1.165, 1.54) is 24.9 Å². The summed E-state index contributed by atoms with van der Waals surface area (Å²) in [5, 5.41) is 3.41. The van der Waals surface area contributed by atoms with E-state index in [4.69, 9.17) is 0 Å².